The summed E-state index contributed by atoms with van der Waals surface area (Å²) < 4.78 is 40.3. The summed E-state index contributed by atoms with van der Waals surface area (Å²) in [7, 11) is -4.18. The van der Waals surface area contributed by atoms with E-state index in [0.29, 0.717) is 0 Å². The van der Waals surface area contributed by atoms with Gasteiger partial charge in [0.25, 0.3) is 10.1 Å². The number of aryl methyl sites for hydroxylation is 1. The first-order valence-corrected chi connectivity index (χ1v) is 9.84. The van der Waals surface area contributed by atoms with Crippen LogP contribution in [-0.2, 0) is 33.4 Å². The van der Waals surface area contributed by atoms with E-state index >= 15 is 0 Å². The van der Waals surface area contributed by atoms with Gasteiger partial charge in [0.1, 0.15) is 17.7 Å². The maximum atomic E-state index is 12.5. The number of carbonyl (C=O) groups excluding carboxylic acids is 2. The van der Waals surface area contributed by atoms with Gasteiger partial charge in [-0.25, -0.2) is 0 Å². The molecule has 1 aromatic rings. The highest BCUT2D eigenvalue weighted by Gasteiger charge is 2.34. The molecule has 0 saturated heterocycles. The molecule has 152 valence electrons. The number of nitrogens with two attached hydrogens (primary N) is 1. The van der Waals surface area contributed by atoms with Crippen molar-refractivity contribution in [1.82, 2.24) is 0 Å². The number of benzene rings is 1. The fourth-order valence-electron chi connectivity index (χ4n) is 2.05. The van der Waals surface area contributed by atoms with E-state index in [4.69, 9.17) is 19.4 Å². The molecule has 0 aliphatic rings. The fourth-order valence-corrected chi connectivity index (χ4v) is 3.17. The summed E-state index contributed by atoms with van der Waals surface area (Å²) >= 11 is 0. The van der Waals surface area contributed by atoms with Gasteiger partial charge in [-0.1, -0.05) is 17.7 Å². The first-order chi connectivity index (χ1) is 12.3. The maximum Gasteiger partial charge on any atom is 0.326 e. The lowest BCUT2D eigenvalue weighted by atomic mass is 10.1. The maximum absolute atomic E-state index is 12.5. The number of carbonyl (C=O) groups is 2. The average Bonchev–Trinajstić information content (AvgIpc) is 2.51. The lowest BCUT2D eigenvalue weighted by molar-refractivity contribution is -0.158. The van der Waals surface area contributed by atoms with Crippen molar-refractivity contribution in [2.24, 2.45) is 5.73 Å². The molecule has 9 heteroatoms. The van der Waals surface area contributed by atoms with Gasteiger partial charge in [0.05, 0.1) is 11.5 Å². The summed E-state index contributed by atoms with van der Waals surface area (Å²) in [5, 5.41) is 0. The topological polar surface area (TPSA) is 122 Å². The van der Waals surface area contributed by atoms with Crippen LogP contribution in [0.5, 0.6) is 0 Å². The minimum Gasteiger partial charge on any atom is -0.466 e. The Morgan fingerprint density at radius 2 is 1.70 bits per heavy atom. The molecular formula is C18H27NO7S. The fraction of sp³-hybridized carbons (Fsp3) is 0.556. The van der Waals surface area contributed by atoms with Gasteiger partial charge in [0, 0.05) is 13.3 Å². The predicted molar refractivity (Wildman–Crippen MR) is 98.3 cm³/mol. The molecule has 27 heavy (non-hydrogen) atoms. The number of ether oxygens (including phenoxy) is 2. The first-order valence-electron chi connectivity index (χ1n) is 8.43. The van der Waals surface area contributed by atoms with E-state index in [-0.39, 0.29) is 17.9 Å². The summed E-state index contributed by atoms with van der Waals surface area (Å²) in [6, 6.07) is 4.66. The highest BCUT2D eigenvalue weighted by Crippen LogP contribution is 2.19. The van der Waals surface area contributed by atoms with Crippen molar-refractivity contribution in [2.75, 3.05) is 6.61 Å². The second kappa shape index (κ2) is 9.29. The third kappa shape index (κ3) is 8.06. The van der Waals surface area contributed by atoms with E-state index < -0.39 is 39.8 Å². The van der Waals surface area contributed by atoms with Crippen LogP contribution < -0.4 is 5.73 Å². The smallest absolute Gasteiger partial charge is 0.326 e. The number of rotatable bonds is 8. The standard InChI is InChI=1S/C18H27NO7S/c1-12-6-8-14(9-7-12)27(22,23)26-15(10-11-24-13(2)20)16(19)17(21)25-18(3,4)5/h6-9,15-16H,10-11,19H2,1-5H3. The van der Waals surface area contributed by atoms with Crippen LogP contribution in [0.25, 0.3) is 0 Å². The third-order valence-corrected chi connectivity index (χ3v) is 4.70. The lowest BCUT2D eigenvalue weighted by Crippen LogP contribution is -2.47. The molecule has 0 heterocycles. The molecule has 0 aromatic heterocycles. The molecule has 0 aliphatic heterocycles. The molecule has 0 amide bonds. The quantitative estimate of drug-likeness (QED) is 0.516. The van der Waals surface area contributed by atoms with E-state index in [2.05, 4.69) is 0 Å². The minimum atomic E-state index is -4.18. The van der Waals surface area contributed by atoms with Crippen LogP contribution in [0, 0.1) is 6.92 Å². The Balaban J connectivity index is 3.00. The van der Waals surface area contributed by atoms with E-state index in [0.717, 1.165) is 5.56 Å². The second-order valence-corrected chi connectivity index (χ2v) is 8.66. The zero-order valence-electron chi connectivity index (χ0n) is 16.2. The molecule has 1 rings (SSSR count). The number of hydrogen-bond acceptors (Lipinski definition) is 8. The largest absolute Gasteiger partial charge is 0.466 e. The normalized spacial score (nSPS) is 14.3. The van der Waals surface area contributed by atoms with Gasteiger partial charge in [0.15, 0.2) is 0 Å². The van der Waals surface area contributed by atoms with Crippen molar-refractivity contribution in [3.8, 4) is 0 Å². The van der Waals surface area contributed by atoms with Crippen LogP contribution in [-0.4, -0.2) is 44.7 Å². The number of esters is 2. The molecule has 0 aliphatic carbocycles. The SMILES string of the molecule is CC(=O)OCCC(OS(=O)(=O)c1ccc(C)cc1)C(N)C(=O)OC(C)(C)C. The Hall–Kier alpha value is -1.97. The van der Waals surface area contributed by atoms with Crippen LogP contribution in [0.15, 0.2) is 29.2 Å². The van der Waals surface area contributed by atoms with Crippen molar-refractivity contribution in [1.29, 1.82) is 0 Å². The summed E-state index contributed by atoms with van der Waals surface area (Å²) in [5.41, 5.74) is 5.97. The highest BCUT2D eigenvalue weighted by molar-refractivity contribution is 7.86. The first kappa shape index (κ1) is 23.1. The molecular weight excluding hydrogens is 374 g/mol. The van der Waals surface area contributed by atoms with Crippen LogP contribution >= 0.6 is 0 Å². The summed E-state index contributed by atoms with van der Waals surface area (Å²) in [4.78, 5) is 23.1. The Kier molecular flexibility index (Phi) is 7.94. The summed E-state index contributed by atoms with van der Waals surface area (Å²) in [6.45, 7) is 7.87. The second-order valence-electron chi connectivity index (χ2n) is 7.09. The molecule has 2 N–H and O–H groups in total. The zero-order valence-corrected chi connectivity index (χ0v) is 17.0. The van der Waals surface area contributed by atoms with Crippen molar-refractivity contribution < 1.29 is 31.7 Å². The highest BCUT2D eigenvalue weighted by atomic mass is 32.2. The monoisotopic (exact) mass is 401 g/mol. The molecule has 2 unspecified atom stereocenters. The van der Waals surface area contributed by atoms with E-state index in [1.807, 2.05) is 6.92 Å². The molecule has 2 atom stereocenters. The van der Waals surface area contributed by atoms with Crippen LogP contribution in [0.2, 0.25) is 0 Å². The third-order valence-electron chi connectivity index (χ3n) is 3.35. The van der Waals surface area contributed by atoms with Gasteiger partial charge in [-0.15, -0.1) is 0 Å². The van der Waals surface area contributed by atoms with Crippen LogP contribution in [0.1, 0.15) is 39.7 Å². The van der Waals surface area contributed by atoms with Crippen molar-refractivity contribution in [3.63, 3.8) is 0 Å². The van der Waals surface area contributed by atoms with Crippen LogP contribution in [0.4, 0.5) is 0 Å². The molecule has 0 radical (unpaired) electrons. The van der Waals surface area contributed by atoms with Gasteiger partial charge in [0.2, 0.25) is 0 Å². The van der Waals surface area contributed by atoms with Crippen molar-refractivity contribution >= 4 is 22.1 Å². The van der Waals surface area contributed by atoms with E-state index in [1.165, 1.54) is 19.1 Å². The lowest BCUT2D eigenvalue weighted by Gasteiger charge is -2.26. The average molecular weight is 401 g/mol. The van der Waals surface area contributed by atoms with Gasteiger partial charge < -0.3 is 15.2 Å². The molecule has 0 spiro atoms. The van der Waals surface area contributed by atoms with Gasteiger partial charge >= 0.3 is 11.9 Å². The van der Waals surface area contributed by atoms with Gasteiger partial charge in [-0.2, -0.15) is 8.42 Å². The Morgan fingerprint density at radius 3 is 2.19 bits per heavy atom. The van der Waals surface area contributed by atoms with Crippen molar-refractivity contribution in [2.45, 2.75) is 63.7 Å². The Bertz CT molecular complexity index is 751. The van der Waals surface area contributed by atoms with Gasteiger partial charge in [-0.3, -0.25) is 13.8 Å². The molecule has 8 nitrogen and oxygen atoms in total. The van der Waals surface area contributed by atoms with E-state index in [9.17, 15) is 18.0 Å². The van der Waals surface area contributed by atoms with Gasteiger partial charge in [-0.05, 0) is 39.8 Å². The van der Waals surface area contributed by atoms with E-state index in [1.54, 1.807) is 32.9 Å². The summed E-state index contributed by atoms with van der Waals surface area (Å²) in [6.07, 6.45) is -1.35. The van der Waals surface area contributed by atoms with Crippen LogP contribution in [0.3, 0.4) is 0 Å². The molecule has 1 aromatic carbocycles. The molecule has 0 saturated carbocycles. The number of hydrogen-bond donors (Lipinski definition) is 1. The van der Waals surface area contributed by atoms with Crippen molar-refractivity contribution in [3.05, 3.63) is 29.8 Å². The molecule has 0 fully saturated rings. The minimum absolute atomic E-state index is 0.0676. The Labute approximate surface area is 160 Å². The predicted octanol–water partition coefficient (Wildman–Crippen LogP) is 1.69. The summed E-state index contributed by atoms with van der Waals surface area (Å²) in [5.74, 6) is -1.35. The molecule has 0 bridgehead atoms. The zero-order chi connectivity index (χ0) is 20.8. The Morgan fingerprint density at radius 1 is 1.15 bits per heavy atom.